The molecule has 2 aromatic carbocycles. The van der Waals surface area contributed by atoms with Gasteiger partial charge in [0.25, 0.3) is 5.91 Å². The maximum absolute atomic E-state index is 12.9. The second kappa shape index (κ2) is 14.4. The molecule has 1 saturated heterocycles. The number of hydrogen-bond acceptors (Lipinski definition) is 4. The van der Waals surface area contributed by atoms with E-state index in [0.717, 1.165) is 48.8 Å². The van der Waals surface area contributed by atoms with Gasteiger partial charge in [0, 0.05) is 66.4 Å². The number of halogens is 3. The molecule has 1 aliphatic carbocycles. The van der Waals surface area contributed by atoms with E-state index in [0.29, 0.717) is 60.8 Å². The molecule has 1 amide bonds. The second-order valence-electron chi connectivity index (χ2n) is 10.5. The van der Waals surface area contributed by atoms with Crippen LogP contribution in [-0.4, -0.2) is 67.9 Å². The lowest BCUT2D eigenvalue weighted by Gasteiger charge is -2.34. The van der Waals surface area contributed by atoms with Gasteiger partial charge in [-0.1, -0.05) is 54.6 Å². The van der Waals surface area contributed by atoms with Crippen LogP contribution in [0.15, 0.2) is 36.4 Å². The van der Waals surface area contributed by atoms with Gasteiger partial charge in [-0.05, 0) is 67.1 Å². The summed E-state index contributed by atoms with van der Waals surface area (Å²) in [6, 6.07) is 11.3. The quantitative estimate of drug-likeness (QED) is 0.260. The normalized spacial score (nSPS) is 17.9. The van der Waals surface area contributed by atoms with E-state index < -0.39 is 0 Å². The maximum Gasteiger partial charge on any atom is 0.253 e. The van der Waals surface area contributed by atoms with Crippen molar-refractivity contribution in [1.82, 2.24) is 15.1 Å². The number of nitrogens with one attached hydrogen (secondary N) is 1. The van der Waals surface area contributed by atoms with Crippen LogP contribution in [0.2, 0.25) is 10.0 Å². The topological polar surface area (TPSA) is 52.7 Å². The first-order valence-corrected chi connectivity index (χ1v) is 14.6. The number of piperazine rings is 1. The Hall–Kier alpha value is -1.99. The Kier molecular flexibility index (Phi) is 11.0. The Bertz CT molecular complexity index is 1040. The molecule has 1 atom stereocenters. The second-order valence-corrected chi connectivity index (χ2v) is 11.3. The molecule has 1 aliphatic heterocycles. The Labute approximate surface area is 235 Å². The lowest BCUT2D eigenvalue weighted by molar-refractivity contribution is -0.113. The van der Waals surface area contributed by atoms with Crippen LogP contribution in [0.25, 0.3) is 11.1 Å². The van der Waals surface area contributed by atoms with Gasteiger partial charge in [0.2, 0.25) is 0 Å². The van der Waals surface area contributed by atoms with Crippen LogP contribution in [0.1, 0.15) is 54.4 Å². The summed E-state index contributed by atoms with van der Waals surface area (Å²) >= 11 is 13.2. The molecule has 0 bridgehead atoms. The van der Waals surface area contributed by atoms with Crippen LogP contribution >= 0.6 is 23.2 Å². The molecule has 38 heavy (non-hydrogen) atoms. The van der Waals surface area contributed by atoms with Gasteiger partial charge in [-0.3, -0.25) is 9.69 Å². The van der Waals surface area contributed by atoms with E-state index in [2.05, 4.69) is 5.32 Å². The Morgan fingerprint density at radius 3 is 2.26 bits per heavy atom. The van der Waals surface area contributed by atoms with Gasteiger partial charge in [0.15, 0.2) is 0 Å². The third-order valence-corrected chi connectivity index (χ3v) is 8.73. The zero-order chi connectivity index (χ0) is 26.9. The van der Waals surface area contributed by atoms with Crippen LogP contribution in [-0.2, 0) is 11.3 Å². The first-order chi connectivity index (χ1) is 18.5. The third kappa shape index (κ3) is 7.56. The van der Waals surface area contributed by atoms with Crippen LogP contribution in [0.3, 0.4) is 0 Å². The number of hydrogen-bond donors (Lipinski definition) is 1. The number of amides is 1. The van der Waals surface area contributed by atoms with Crippen LogP contribution in [0, 0.1) is 11.8 Å². The summed E-state index contributed by atoms with van der Waals surface area (Å²) < 4.78 is 12.6. The predicted molar refractivity (Wildman–Crippen MR) is 153 cm³/mol. The first kappa shape index (κ1) is 29.0. The molecule has 5 nitrogen and oxygen atoms in total. The van der Waals surface area contributed by atoms with Crippen LogP contribution in [0.5, 0.6) is 0 Å². The zero-order valence-electron chi connectivity index (χ0n) is 21.9. The fourth-order valence-electron chi connectivity index (χ4n) is 5.68. The summed E-state index contributed by atoms with van der Waals surface area (Å²) in [5.41, 5.74) is 3.29. The highest BCUT2D eigenvalue weighted by molar-refractivity contribution is 6.36. The van der Waals surface area contributed by atoms with E-state index >= 15 is 0 Å². The van der Waals surface area contributed by atoms with Crippen LogP contribution < -0.4 is 5.32 Å². The molecule has 206 valence electrons. The average molecular weight is 563 g/mol. The van der Waals surface area contributed by atoms with Gasteiger partial charge >= 0.3 is 0 Å². The standard InChI is InChI=1S/C30H38Cl2FN3O2/c31-28-18-26(19-29(32)27(28)20-34-12-10-25(21-37)22-4-2-1-3-5-22)23-6-8-24(9-7-23)30(38)36-16-14-35(13-11-33)15-17-36/h6-9,18-19,21-22,25,34H,1-5,10-17,20H2. The van der Waals surface area contributed by atoms with Gasteiger partial charge in [-0.25, -0.2) is 4.39 Å². The molecule has 1 heterocycles. The Morgan fingerprint density at radius 2 is 1.66 bits per heavy atom. The van der Waals surface area contributed by atoms with E-state index in [4.69, 9.17) is 23.2 Å². The van der Waals surface area contributed by atoms with Crippen LogP contribution in [0.4, 0.5) is 4.39 Å². The number of carbonyl (C=O) groups is 2. The monoisotopic (exact) mass is 561 g/mol. The smallest absolute Gasteiger partial charge is 0.253 e. The Balaban J connectivity index is 1.31. The molecule has 0 spiro atoms. The molecule has 0 aromatic heterocycles. The summed E-state index contributed by atoms with van der Waals surface area (Å²) in [6.07, 6.45) is 8.06. The summed E-state index contributed by atoms with van der Waals surface area (Å²) in [6.45, 7) is 3.97. The molecule has 0 radical (unpaired) electrons. The lowest BCUT2D eigenvalue weighted by atomic mass is 9.79. The molecule has 1 unspecified atom stereocenters. The van der Waals surface area contributed by atoms with Gasteiger partial charge in [0.05, 0.1) is 0 Å². The SMILES string of the molecule is O=CC(CCNCc1c(Cl)cc(-c2ccc(C(=O)N3CCN(CCF)CC3)cc2)cc1Cl)C1CCCCC1. The van der Waals surface area contributed by atoms with Crippen molar-refractivity contribution in [3.05, 3.63) is 57.6 Å². The van der Waals surface area contributed by atoms with Crippen molar-refractivity contribution in [3.63, 3.8) is 0 Å². The lowest BCUT2D eigenvalue weighted by Crippen LogP contribution is -2.49. The van der Waals surface area contributed by atoms with Crippen molar-refractivity contribution >= 4 is 35.4 Å². The average Bonchev–Trinajstić information content (AvgIpc) is 2.95. The van der Waals surface area contributed by atoms with E-state index in [1.807, 2.05) is 46.2 Å². The number of alkyl halides is 1. The molecule has 8 heteroatoms. The highest BCUT2D eigenvalue weighted by Gasteiger charge is 2.23. The number of nitrogens with zero attached hydrogens (tertiary/aromatic N) is 2. The number of benzene rings is 2. The predicted octanol–water partition coefficient (Wildman–Crippen LogP) is 6.26. The van der Waals surface area contributed by atoms with E-state index in [1.165, 1.54) is 19.3 Å². The largest absolute Gasteiger partial charge is 0.336 e. The molecule has 2 fully saturated rings. The number of rotatable bonds is 11. The van der Waals surface area contributed by atoms with Crippen molar-refractivity contribution in [2.75, 3.05) is 45.9 Å². The van der Waals surface area contributed by atoms with E-state index in [-0.39, 0.29) is 18.5 Å². The third-order valence-electron chi connectivity index (χ3n) is 8.05. The van der Waals surface area contributed by atoms with E-state index in [9.17, 15) is 14.0 Å². The van der Waals surface area contributed by atoms with Gasteiger partial charge in [-0.2, -0.15) is 0 Å². The molecule has 4 rings (SSSR count). The molecule has 1 N–H and O–H groups in total. The Morgan fingerprint density at radius 1 is 1.00 bits per heavy atom. The fraction of sp³-hybridized carbons (Fsp3) is 0.533. The van der Waals surface area contributed by atoms with Crippen molar-refractivity contribution < 1.29 is 14.0 Å². The van der Waals surface area contributed by atoms with Gasteiger partial charge < -0.3 is 15.0 Å². The molecule has 2 aliphatic rings. The maximum atomic E-state index is 12.9. The van der Waals surface area contributed by atoms with Gasteiger partial charge in [-0.15, -0.1) is 0 Å². The minimum absolute atomic E-state index is 0.00533. The van der Waals surface area contributed by atoms with Crippen molar-refractivity contribution in [1.29, 1.82) is 0 Å². The van der Waals surface area contributed by atoms with E-state index in [1.54, 1.807) is 0 Å². The van der Waals surface area contributed by atoms with Crippen molar-refractivity contribution in [3.8, 4) is 11.1 Å². The van der Waals surface area contributed by atoms with Crippen molar-refractivity contribution in [2.24, 2.45) is 11.8 Å². The number of aldehydes is 1. The molecular formula is C30H38Cl2FN3O2. The minimum Gasteiger partial charge on any atom is -0.336 e. The van der Waals surface area contributed by atoms with Gasteiger partial charge in [0.1, 0.15) is 13.0 Å². The highest BCUT2D eigenvalue weighted by atomic mass is 35.5. The molecule has 2 aromatic rings. The number of carbonyl (C=O) groups excluding carboxylic acids is 2. The molecular weight excluding hydrogens is 524 g/mol. The summed E-state index contributed by atoms with van der Waals surface area (Å²) in [7, 11) is 0. The summed E-state index contributed by atoms with van der Waals surface area (Å²) in [5, 5.41) is 4.59. The minimum atomic E-state index is -0.358. The zero-order valence-corrected chi connectivity index (χ0v) is 23.5. The fourth-order valence-corrected chi connectivity index (χ4v) is 6.30. The highest BCUT2D eigenvalue weighted by Crippen LogP contribution is 2.33. The first-order valence-electron chi connectivity index (χ1n) is 13.8. The van der Waals surface area contributed by atoms with Crippen molar-refractivity contribution in [2.45, 2.75) is 45.1 Å². The summed E-state index contributed by atoms with van der Waals surface area (Å²) in [4.78, 5) is 28.4. The summed E-state index contributed by atoms with van der Waals surface area (Å²) in [5.74, 6) is 0.639. The molecule has 1 saturated carbocycles.